The Balaban J connectivity index is 2.41. The lowest BCUT2D eigenvalue weighted by Crippen LogP contribution is -1.91. The lowest BCUT2D eigenvalue weighted by atomic mass is 10.0. The Bertz CT molecular complexity index is 258. The van der Waals surface area contributed by atoms with Gasteiger partial charge in [-0.2, -0.15) is 0 Å². The Morgan fingerprint density at radius 1 is 1.31 bits per heavy atom. The Hall–Kier alpha value is -0.720. The van der Waals surface area contributed by atoms with Gasteiger partial charge in [0.2, 0.25) is 0 Å². The minimum Gasteiger partial charge on any atom is -0.469 e. The SMILES string of the molecule is Cc1coc(CCCC(C)C)c1C. The molecule has 0 radical (unpaired) electrons. The molecule has 1 nitrogen and oxygen atoms in total. The van der Waals surface area contributed by atoms with Crippen LogP contribution in [0.5, 0.6) is 0 Å². The smallest absolute Gasteiger partial charge is 0.106 e. The summed E-state index contributed by atoms with van der Waals surface area (Å²) < 4.78 is 5.48. The van der Waals surface area contributed by atoms with Crippen molar-refractivity contribution in [1.82, 2.24) is 0 Å². The van der Waals surface area contributed by atoms with Crippen LogP contribution >= 0.6 is 0 Å². The predicted molar refractivity (Wildman–Crippen MR) is 56.0 cm³/mol. The number of furan rings is 1. The van der Waals surface area contributed by atoms with Crippen molar-refractivity contribution in [1.29, 1.82) is 0 Å². The first-order valence-corrected chi connectivity index (χ1v) is 5.15. The molecule has 0 spiro atoms. The lowest BCUT2D eigenvalue weighted by molar-refractivity contribution is 0.475. The van der Waals surface area contributed by atoms with Crippen LogP contribution < -0.4 is 0 Å². The number of hydrogen-bond acceptors (Lipinski definition) is 1. The van der Waals surface area contributed by atoms with Crippen molar-refractivity contribution in [2.45, 2.75) is 47.0 Å². The molecule has 0 bridgehead atoms. The molecule has 0 aromatic carbocycles. The van der Waals surface area contributed by atoms with E-state index in [0.29, 0.717) is 0 Å². The molecule has 74 valence electrons. The highest BCUT2D eigenvalue weighted by atomic mass is 16.3. The Labute approximate surface area is 81.1 Å². The summed E-state index contributed by atoms with van der Waals surface area (Å²) in [5.74, 6) is 1.98. The molecule has 1 aromatic heterocycles. The van der Waals surface area contributed by atoms with E-state index in [0.717, 1.165) is 12.3 Å². The highest BCUT2D eigenvalue weighted by Gasteiger charge is 2.05. The molecule has 0 aliphatic carbocycles. The largest absolute Gasteiger partial charge is 0.469 e. The zero-order valence-electron chi connectivity index (χ0n) is 9.18. The second-order valence-electron chi connectivity index (χ2n) is 4.25. The molecular formula is C12H20O. The summed E-state index contributed by atoms with van der Waals surface area (Å²) in [6.45, 7) is 8.77. The quantitative estimate of drug-likeness (QED) is 0.685. The van der Waals surface area contributed by atoms with Gasteiger partial charge in [0.1, 0.15) is 5.76 Å². The molecule has 0 fully saturated rings. The highest BCUT2D eigenvalue weighted by molar-refractivity contribution is 5.24. The van der Waals surface area contributed by atoms with E-state index < -0.39 is 0 Å². The van der Waals surface area contributed by atoms with Crippen molar-refractivity contribution >= 4 is 0 Å². The van der Waals surface area contributed by atoms with Crippen LogP contribution in [0.15, 0.2) is 10.7 Å². The summed E-state index contributed by atoms with van der Waals surface area (Å²) >= 11 is 0. The maximum Gasteiger partial charge on any atom is 0.106 e. The van der Waals surface area contributed by atoms with Gasteiger partial charge < -0.3 is 4.42 Å². The third-order valence-corrected chi connectivity index (χ3v) is 2.57. The van der Waals surface area contributed by atoms with E-state index in [1.807, 2.05) is 6.26 Å². The molecule has 1 heteroatoms. The molecule has 0 amide bonds. The number of aryl methyl sites for hydroxylation is 2. The van der Waals surface area contributed by atoms with Crippen molar-refractivity contribution < 1.29 is 4.42 Å². The van der Waals surface area contributed by atoms with Gasteiger partial charge in [0, 0.05) is 6.42 Å². The van der Waals surface area contributed by atoms with Crippen molar-refractivity contribution in [3.05, 3.63) is 23.2 Å². The second-order valence-corrected chi connectivity index (χ2v) is 4.25. The minimum atomic E-state index is 0.802. The van der Waals surface area contributed by atoms with Crippen LogP contribution in [0.25, 0.3) is 0 Å². The van der Waals surface area contributed by atoms with Crippen molar-refractivity contribution in [2.75, 3.05) is 0 Å². The van der Waals surface area contributed by atoms with E-state index in [-0.39, 0.29) is 0 Å². The molecule has 1 heterocycles. The Morgan fingerprint density at radius 2 is 2.00 bits per heavy atom. The van der Waals surface area contributed by atoms with Crippen LogP contribution in [0.2, 0.25) is 0 Å². The zero-order chi connectivity index (χ0) is 9.84. The minimum absolute atomic E-state index is 0.802. The third-order valence-electron chi connectivity index (χ3n) is 2.57. The normalized spacial score (nSPS) is 11.2. The summed E-state index contributed by atoms with van der Waals surface area (Å²) in [6, 6.07) is 0. The molecule has 0 atom stereocenters. The maximum absolute atomic E-state index is 5.48. The first-order chi connectivity index (χ1) is 6.11. The molecule has 0 saturated heterocycles. The summed E-state index contributed by atoms with van der Waals surface area (Å²) in [5.41, 5.74) is 2.61. The van der Waals surface area contributed by atoms with Gasteiger partial charge in [-0.15, -0.1) is 0 Å². The number of hydrogen-bond donors (Lipinski definition) is 0. The molecule has 1 aromatic rings. The second kappa shape index (κ2) is 4.50. The molecule has 0 saturated carbocycles. The van der Waals surface area contributed by atoms with Crippen LogP contribution in [-0.4, -0.2) is 0 Å². The fourth-order valence-electron chi connectivity index (χ4n) is 1.47. The van der Waals surface area contributed by atoms with E-state index in [1.165, 1.54) is 29.7 Å². The van der Waals surface area contributed by atoms with Crippen LogP contribution in [0.4, 0.5) is 0 Å². The van der Waals surface area contributed by atoms with Crippen LogP contribution in [-0.2, 0) is 6.42 Å². The molecular weight excluding hydrogens is 160 g/mol. The lowest BCUT2D eigenvalue weighted by Gasteiger charge is -2.02. The molecule has 0 aliphatic rings. The van der Waals surface area contributed by atoms with Gasteiger partial charge in [-0.25, -0.2) is 0 Å². The van der Waals surface area contributed by atoms with Crippen LogP contribution in [0, 0.1) is 19.8 Å². The molecule has 13 heavy (non-hydrogen) atoms. The first-order valence-electron chi connectivity index (χ1n) is 5.15. The number of rotatable bonds is 4. The summed E-state index contributed by atoms with van der Waals surface area (Å²) in [5, 5.41) is 0. The topological polar surface area (TPSA) is 13.1 Å². The van der Waals surface area contributed by atoms with Crippen molar-refractivity contribution in [2.24, 2.45) is 5.92 Å². The zero-order valence-corrected chi connectivity index (χ0v) is 9.18. The standard InChI is InChI=1S/C12H20O/c1-9(2)6-5-7-12-11(4)10(3)8-13-12/h8-9H,5-7H2,1-4H3. The fourth-order valence-corrected chi connectivity index (χ4v) is 1.47. The van der Waals surface area contributed by atoms with E-state index in [2.05, 4.69) is 27.7 Å². The monoisotopic (exact) mass is 180 g/mol. The Morgan fingerprint density at radius 3 is 2.46 bits per heavy atom. The van der Waals surface area contributed by atoms with Crippen LogP contribution in [0.1, 0.15) is 43.6 Å². The fraction of sp³-hybridized carbons (Fsp3) is 0.667. The molecule has 0 aliphatic heterocycles. The average Bonchev–Trinajstić information content (AvgIpc) is 2.35. The average molecular weight is 180 g/mol. The van der Waals surface area contributed by atoms with Crippen molar-refractivity contribution in [3.8, 4) is 0 Å². The van der Waals surface area contributed by atoms with Gasteiger partial charge in [0.05, 0.1) is 6.26 Å². The molecule has 0 unspecified atom stereocenters. The summed E-state index contributed by atoms with van der Waals surface area (Å²) in [7, 11) is 0. The van der Waals surface area contributed by atoms with Gasteiger partial charge in [-0.3, -0.25) is 0 Å². The van der Waals surface area contributed by atoms with Gasteiger partial charge in [-0.1, -0.05) is 20.3 Å². The summed E-state index contributed by atoms with van der Waals surface area (Å²) in [6.07, 6.45) is 5.49. The van der Waals surface area contributed by atoms with Crippen molar-refractivity contribution in [3.63, 3.8) is 0 Å². The van der Waals surface area contributed by atoms with Gasteiger partial charge in [-0.05, 0) is 37.3 Å². The maximum atomic E-state index is 5.48. The summed E-state index contributed by atoms with van der Waals surface area (Å²) in [4.78, 5) is 0. The highest BCUT2D eigenvalue weighted by Crippen LogP contribution is 2.18. The molecule has 0 N–H and O–H groups in total. The van der Waals surface area contributed by atoms with Gasteiger partial charge in [0.25, 0.3) is 0 Å². The van der Waals surface area contributed by atoms with E-state index in [1.54, 1.807) is 0 Å². The predicted octanol–water partition coefficient (Wildman–Crippen LogP) is 3.88. The van der Waals surface area contributed by atoms with E-state index in [9.17, 15) is 0 Å². The van der Waals surface area contributed by atoms with Gasteiger partial charge >= 0.3 is 0 Å². The Kier molecular flexibility index (Phi) is 3.58. The van der Waals surface area contributed by atoms with Gasteiger partial charge in [0.15, 0.2) is 0 Å². The van der Waals surface area contributed by atoms with E-state index >= 15 is 0 Å². The van der Waals surface area contributed by atoms with Crippen LogP contribution in [0.3, 0.4) is 0 Å². The molecule has 1 rings (SSSR count). The first kappa shape index (κ1) is 10.4. The third kappa shape index (κ3) is 2.91. The van der Waals surface area contributed by atoms with E-state index in [4.69, 9.17) is 4.42 Å².